The SMILES string of the molecule is COc1cc2c(cc1OC)C(CC(=O)O)N(C(=O)CCC1CCCO1)CC2. The Bertz CT molecular complexity index is 698. The molecule has 7 heteroatoms. The zero-order valence-electron chi connectivity index (χ0n) is 15.9. The minimum atomic E-state index is -0.931. The molecule has 27 heavy (non-hydrogen) atoms. The van der Waals surface area contributed by atoms with E-state index in [0.717, 1.165) is 30.6 Å². The summed E-state index contributed by atoms with van der Waals surface area (Å²) in [6.07, 6.45) is 3.78. The molecule has 1 aromatic rings. The number of carboxylic acid groups (broad SMARTS) is 1. The lowest BCUT2D eigenvalue weighted by Gasteiger charge is -2.37. The number of fused-ring (bicyclic) bond motifs is 1. The van der Waals surface area contributed by atoms with Crippen LogP contribution in [0.2, 0.25) is 0 Å². The number of hydrogen-bond donors (Lipinski definition) is 1. The van der Waals surface area contributed by atoms with Crippen molar-refractivity contribution in [3.63, 3.8) is 0 Å². The Morgan fingerprint density at radius 3 is 2.63 bits per heavy atom. The van der Waals surface area contributed by atoms with E-state index in [1.54, 1.807) is 25.2 Å². The van der Waals surface area contributed by atoms with E-state index in [1.807, 2.05) is 6.07 Å². The molecule has 0 aromatic heterocycles. The highest BCUT2D eigenvalue weighted by Crippen LogP contribution is 2.39. The summed E-state index contributed by atoms with van der Waals surface area (Å²) in [4.78, 5) is 26.0. The Hall–Kier alpha value is -2.28. The van der Waals surface area contributed by atoms with Gasteiger partial charge in [-0.1, -0.05) is 0 Å². The summed E-state index contributed by atoms with van der Waals surface area (Å²) >= 11 is 0. The average Bonchev–Trinajstić information content (AvgIpc) is 3.18. The first-order valence-corrected chi connectivity index (χ1v) is 9.41. The molecule has 1 fully saturated rings. The third kappa shape index (κ3) is 4.35. The van der Waals surface area contributed by atoms with Gasteiger partial charge in [0.25, 0.3) is 0 Å². The molecule has 1 aromatic carbocycles. The second-order valence-corrected chi connectivity index (χ2v) is 7.03. The van der Waals surface area contributed by atoms with Crippen molar-refractivity contribution in [1.82, 2.24) is 4.90 Å². The molecular formula is C20H27NO6. The fraction of sp³-hybridized carbons (Fsp3) is 0.600. The van der Waals surface area contributed by atoms with Gasteiger partial charge in [-0.15, -0.1) is 0 Å². The predicted octanol–water partition coefficient (Wildman–Crippen LogP) is 2.56. The Balaban J connectivity index is 1.82. The van der Waals surface area contributed by atoms with Crippen LogP contribution in [0.15, 0.2) is 12.1 Å². The van der Waals surface area contributed by atoms with Crippen molar-refractivity contribution < 1.29 is 28.9 Å². The smallest absolute Gasteiger partial charge is 0.305 e. The third-order valence-corrected chi connectivity index (χ3v) is 5.40. The number of carbonyl (C=O) groups is 2. The molecule has 0 aliphatic carbocycles. The van der Waals surface area contributed by atoms with E-state index in [-0.39, 0.29) is 18.4 Å². The molecule has 2 heterocycles. The predicted molar refractivity (Wildman–Crippen MR) is 98.2 cm³/mol. The van der Waals surface area contributed by atoms with E-state index in [2.05, 4.69) is 0 Å². The van der Waals surface area contributed by atoms with Crippen LogP contribution in [0.4, 0.5) is 0 Å². The number of aliphatic carboxylic acids is 1. The fourth-order valence-electron chi connectivity index (χ4n) is 4.01. The molecule has 7 nitrogen and oxygen atoms in total. The van der Waals surface area contributed by atoms with Crippen LogP contribution in [-0.4, -0.2) is 55.4 Å². The van der Waals surface area contributed by atoms with Crippen LogP contribution in [0.3, 0.4) is 0 Å². The normalized spacial score (nSPS) is 21.6. The highest BCUT2D eigenvalue weighted by Gasteiger charge is 2.33. The zero-order chi connectivity index (χ0) is 19.4. The van der Waals surface area contributed by atoms with E-state index >= 15 is 0 Å². The molecule has 1 N–H and O–H groups in total. The van der Waals surface area contributed by atoms with Gasteiger partial charge in [-0.3, -0.25) is 9.59 Å². The minimum Gasteiger partial charge on any atom is -0.493 e. The van der Waals surface area contributed by atoms with Gasteiger partial charge in [-0.25, -0.2) is 0 Å². The summed E-state index contributed by atoms with van der Waals surface area (Å²) in [7, 11) is 3.12. The van der Waals surface area contributed by atoms with E-state index in [0.29, 0.717) is 37.3 Å². The quantitative estimate of drug-likeness (QED) is 0.786. The molecule has 0 saturated carbocycles. The third-order valence-electron chi connectivity index (χ3n) is 5.40. The van der Waals surface area contributed by atoms with Crippen molar-refractivity contribution in [3.8, 4) is 11.5 Å². The maximum absolute atomic E-state index is 12.9. The molecule has 3 rings (SSSR count). The van der Waals surface area contributed by atoms with Gasteiger partial charge >= 0.3 is 5.97 Å². The summed E-state index contributed by atoms with van der Waals surface area (Å²) < 4.78 is 16.3. The average molecular weight is 377 g/mol. The van der Waals surface area contributed by atoms with Gasteiger partial charge in [0.05, 0.1) is 32.8 Å². The van der Waals surface area contributed by atoms with Crippen molar-refractivity contribution in [2.24, 2.45) is 0 Å². The number of hydrogen-bond acceptors (Lipinski definition) is 5. The molecule has 2 aliphatic heterocycles. The highest BCUT2D eigenvalue weighted by atomic mass is 16.5. The van der Waals surface area contributed by atoms with E-state index in [1.165, 1.54) is 0 Å². The Morgan fingerprint density at radius 1 is 1.26 bits per heavy atom. The molecule has 0 bridgehead atoms. The number of ether oxygens (including phenoxy) is 3. The first kappa shape index (κ1) is 19.5. The van der Waals surface area contributed by atoms with E-state index < -0.39 is 12.0 Å². The largest absolute Gasteiger partial charge is 0.493 e. The first-order chi connectivity index (χ1) is 13.0. The van der Waals surface area contributed by atoms with Gasteiger partial charge in [-0.05, 0) is 48.9 Å². The summed E-state index contributed by atoms with van der Waals surface area (Å²) in [5, 5.41) is 9.41. The fourth-order valence-corrected chi connectivity index (χ4v) is 4.01. The standard InChI is InChI=1S/C20H27NO6/c1-25-17-10-13-7-8-21(19(22)6-5-14-4-3-9-27-14)16(12-20(23)24)15(13)11-18(17)26-2/h10-11,14,16H,3-9,12H2,1-2H3,(H,23,24). The topological polar surface area (TPSA) is 85.3 Å². The van der Waals surface area contributed by atoms with Gasteiger partial charge in [0.1, 0.15) is 0 Å². The van der Waals surface area contributed by atoms with Gasteiger partial charge < -0.3 is 24.2 Å². The minimum absolute atomic E-state index is 0.0165. The number of benzene rings is 1. The van der Waals surface area contributed by atoms with E-state index in [4.69, 9.17) is 14.2 Å². The molecule has 148 valence electrons. The van der Waals surface area contributed by atoms with Gasteiger partial charge in [0, 0.05) is 19.6 Å². The van der Waals surface area contributed by atoms with Crippen molar-refractivity contribution in [1.29, 1.82) is 0 Å². The van der Waals surface area contributed by atoms with Crippen LogP contribution in [0.1, 0.15) is 49.3 Å². The second kappa shape index (κ2) is 8.61. The number of methoxy groups -OCH3 is 2. The number of rotatable bonds is 7. The zero-order valence-corrected chi connectivity index (χ0v) is 15.9. The van der Waals surface area contributed by atoms with Crippen molar-refractivity contribution in [2.75, 3.05) is 27.4 Å². The van der Waals surface area contributed by atoms with Crippen LogP contribution >= 0.6 is 0 Å². The number of amides is 1. The van der Waals surface area contributed by atoms with Crippen molar-refractivity contribution >= 4 is 11.9 Å². The number of nitrogens with zero attached hydrogens (tertiary/aromatic N) is 1. The lowest BCUT2D eigenvalue weighted by molar-refractivity contribution is -0.141. The maximum Gasteiger partial charge on any atom is 0.305 e. The van der Waals surface area contributed by atoms with Crippen LogP contribution in [-0.2, 0) is 20.7 Å². The maximum atomic E-state index is 12.9. The number of carbonyl (C=O) groups excluding carboxylic acids is 1. The Kier molecular flexibility index (Phi) is 6.21. The molecule has 0 radical (unpaired) electrons. The lowest BCUT2D eigenvalue weighted by atomic mass is 9.89. The lowest BCUT2D eigenvalue weighted by Crippen LogP contribution is -2.41. The van der Waals surface area contributed by atoms with Crippen LogP contribution < -0.4 is 9.47 Å². The molecule has 2 unspecified atom stereocenters. The first-order valence-electron chi connectivity index (χ1n) is 9.41. The number of carboxylic acids is 1. The van der Waals surface area contributed by atoms with Crippen LogP contribution in [0.5, 0.6) is 11.5 Å². The molecule has 0 spiro atoms. The summed E-state index contributed by atoms with van der Waals surface area (Å²) in [6, 6.07) is 3.20. The van der Waals surface area contributed by atoms with Crippen molar-refractivity contribution in [3.05, 3.63) is 23.3 Å². The second-order valence-electron chi connectivity index (χ2n) is 7.03. The van der Waals surface area contributed by atoms with E-state index in [9.17, 15) is 14.7 Å². The van der Waals surface area contributed by atoms with Crippen molar-refractivity contribution in [2.45, 2.75) is 50.7 Å². The summed E-state index contributed by atoms with van der Waals surface area (Å²) in [5.74, 6) is 0.209. The molecule has 2 aliphatic rings. The Labute approximate surface area is 159 Å². The molecule has 1 saturated heterocycles. The summed E-state index contributed by atoms with van der Waals surface area (Å²) in [5.41, 5.74) is 1.83. The van der Waals surface area contributed by atoms with Gasteiger partial charge in [0.15, 0.2) is 11.5 Å². The monoisotopic (exact) mass is 377 g/mol. The van der Waals surface area contributed by atoms with Gasteiger partial charge in [-0.2, -0.15) is 0 Å². The Morgan fingerprint density at radius 2 is 2.00 bits per heavy atom. The van der Waals surface area contributed by atoms with Crippen LogP contribution in [0, 0.1) is 0 Å². The van der Waals surface area contributed by atoms with Crippen LogP contribution in [0.25, 0.3) is 0 Å². The molecule has 2 atom stereocenters. The van der Waals surface area contributed by atoms with Gasteiger partial charge in [0.2, 0.25) is 5.91 Å². The highest BCUT2D eigenvalue weighted by molar-refractivity contribution is 5.78. The molecular weight excluding hydrogens is 350 g/mol. The molecule has 1 amide bonds. The summed E-state index contributed by atoms with van der Waals surface area (Å²) in [6.45, 7) is 1.27.